The van der Waals surface area contributed by atoms with Crippen molar-refractivity contribution in [3.05, 3.63) is 71.1 Å². The first-order valence-corrected chi connectivity index (χ1v) is 7.52. The fourth-order valence-corrected chi connectivity index (χ4v) is 2.80. The summed E-state index contributed by atoms with van der Waals surface area (Å²) in [6.45, 7) is 0.363. The van der Waals surface area contributed by atoms with Crippen molar-refractivity contribution in [1.82, 2.24) is 4.98 Å². The highest BCUT2D eigenvalue weighted by Crippen LogP contribution is 2.32. The second-order valence-electron chi connectivity index (χ2n) is 4.60. The average Bonchev–Trinajstić information content (AvgIpc) is 2.99. The lowest BCUT2D eigenvalue weighted by molar-refractivity contribution is 0.0702. The molecule has 110 valence electrons. The van der Waals surface area contributed by atoms with E-state index >= 15 is 0 Å². The molecule has 0 saturated heterocycles. The maximum atomic E-state index is 11.4. The van der Waals surface area contributed by atoms with Crippen LogP contribution in [-0.4, -0.2) is 16.1 Å². The Labute approximate surface area is 131 Å². The first-order valence-electron chi connectivity index (χ1n) is 6.70. The molecule has 1 aromatic heterocycles. The summed E-state index contributed by atoms with van der Waals surface area (Å²) in [6.07, 6.45) is 0. The van der Waals surface area contributed by atoms with Crippen molar-refractivity contribution in [2.24, 2.45) is 0 Å². The van der Waals surface area contributed by atoms with E-state index < -0.39 is 5.97 Å². The van der Waals surface area contributed by atoms with Gasteiger partial charge in [-0.1, -0.05) is 72.0 Å². The molecule has 0 aliphatic heterocycles. The monoisotopic (exact) mass is 311 g/mol. The highest BCUT2D eigenvalue weighted by molar-refractivity contribution is 7.15. The van der Waals surface area contributed by atoms with E-state index in [0.717, 1.165) is 22.5 Å². The predicted octanol–water partition coefficient (Wildman–Crippen LogP) is 4.09. The van der Waals surface area contributed by atoms with Crippen LogP contribution in [0.5, 0.6) is 5.19 Å². The molecule has 3 rings (SSSR count). The van der Waals surface area contributed by atoms with Crippen LogP contribution in [0.2, 0.25) is 0 Å². The van der Waals surface area contributed by atoms with E-state index in [2.05, 4.69) is 4.98 Å². The van der Waals surface area contributed by atoms with Crippen LogP contribution in [0.1, 0.15) is 15.2 Å². The molecule has 1 N–H and O–H groups in total. The topological polar surface area (TPSA) is 59.4 Å². The summed E-state index contributed by atoms with van der Waals surface area (Å²) in [5.74, 6) is -0.995. The number of carbonyl (C=O) groups is 1. The minimum absolute atomic E-state index is 0.189. The summed E-state index contributed by atoms with van der Waals surface area (Å²) in [5, 5.41) is 9.70. The van der Waals surface area contributed by atoms with E-state index in [1.807, 2.05) is 60.7 Å². The van der Waals surface area contributed by atoms with E-state index in [-0.39, 0.29) is 4.88 Å². The Balaban J connectivity index is 1.86. The Hall–Kier alpha value is -2.66. The van der Waals surface area contributed by atoms with Crippen molar-refractivity contribution >= 4 is 17.3 Å². The molecule has 22 heavy (non-hydrogen) atoms. The lowest BCUT2D eigenvalue weighted by Crippen LogP contribution is -1.95. The number of hydrogen-bond acceptors (Lipinski definition) is 4. The zero-order chi connectivity index (χ0) is 15.4. The minimum atomic E-state index is -0.995. The molecule has 0 radical (unpaired) electrons. The molecule has 0 atom stereocenters. The van der Waals surface area contributed by atoms with E-state index in [1.54, 1.807) is 0 Å². The van der Waals surface area contributed by atoms with Crippen molar-refractivity contribution < 1.29 is 14.6 Å². The van der Waals surface area contributed by atoms with Crippen molar-refractivity contribution in [1.29, 1.82) is 0 Å². The molecule has 3 aromatic rings. The number of rotatable bonds is 5. The lowest BCUT2D eigenvalue weighted by atomic mass is 10.1. The van der Waals surface area contributed by atoms with Crippen LogP contribution in [-0.2, 0) is 6.61 Å². The summed E-state index contributed by atoms with van der Waals surface area (Å²) in [4.78, 5) is 15.9. The van der Waals surface area contributed by atoms with E-state index in [9.17, 15) is 9.90 Å². The molecule has 0 bridgehead atoms. The van der Waals surface area contributed by atoms with Crippen LogP contribution in [0.25, 0.3) is 11.3 Å². The van der Waals surface area contributed by atoms with Crippen LogP contribution >= 0.6 is 11.3 Å². The van der Waals surface area contributed by atoms with Gasteiger partial charge in [-0.2, -0.15) is 0 Å². The maximum Gasteiger partial charge on any atom is 0.348 e. The molecule has 0 saturated carbocycles. The lowest BCUT2D eigenvalue weighted by Gasteiger charge is -2.01. The van der Waals surface area contributed by atoms with Crippen molar-refractivity contribution in [3.63, 3.8) is 0 Å². The summed E-state index contributed by atoms with van der Waals surface area (Å²) < 4.78 is 5.63. The van der Waals surface area contributed by atoms with Gasteiger partial charge in [0.15, 0.2) is 0 Å². The zero-order valence-corrected chi connectivity index (χ0v) is 12.4. The van der Waals surface area contributed by atoms with E-state index in [0.29, 0.717) is 17.5 Å². The van der Waals surface area contributed by atoms with Crippen LogP contribution in [0, 0.1) is 0 Å². The first kappa shape index (κ1) is 14.3. The highest BCUT2D eigenvalue weighted by Gasteiger charge is 2.19. The fourth-order valence-electron chi connectivity index (χ4n) is 2.02. The van der Waals surface area contributed by atoms with Crippen molar-refractivity contribution in [2.75, 3.05) is 0 Å². The van der Waals surface area contributed by atoms with Crippen LogP contribution in [0.3, 0.4) is 0 Å². The molecule has 0 aliphatic carbocycles. The normalized spacial score (nSPS) is 10.4. The van der Waals surface area contributed by atoms with Gasteiger partial charge in [0.2, 0.25) is 0 Å². The predicted molar refractivity (Wildman–Crippen MR) is 85.3 cm³/mol. The maximum absolute atomic E-state index is 11.4. The molecule has 0 aliphatic rings. The van der Waals surface area contributed by atoms with Gasteiger partial charge >= 0.3 is 5.97 Å². The Bertz CT molecular complexity index is 769. The van der Waals surface area contributed by atoms with Gasteiger partial charge < -0.3 is 9.84 Å². The van der Waals surface area contributed by atoms with Gasteiger partial charge in [-0.3, -0.25) is 0 Å². The molecular weight excluding hydrogens is 298 g/mol. The molecule has 1 heterocycles. The van der Waals surface area contributed by atoms with Crippen LogP contribution < -0.4 is 4.74 Å². The van der Waals surface area contributed by atoms with Gasteiger partial charge in [0, 0.05) is 5.56 Å². The van der Waals surface area contributed by atoms with Crippen molar-refractivity contribution in [3.8, 4) is 16.5 Å². The number of benzene rings is 2. The van der Waals surface area contributed by atoms with E-state index in [4.69, 9.17) is 4.74 Å². The molecule has 0 fully saturated rings. The summed E-state index contributed by atoms with van der Waals surface area (Å²) >= 11 is 1.05. The number of aromatic carboxylic acids is 1. The molecule has 0 spiro atoms. The smallest absolute Gasteiger partial charge is 0.348 e. The number of hydrogen-bond donors (Lipinski definition) is 1. The average molecular weight is 311 g/mol. The first-order chi connectivity index (χ1) is 10.7. The minimum Gasteiger partial charge on any atom is -0.477 e. The largest absolute Gasteiger partial charge is 0.477 e. The summed E-state index contributed by atoms with van der Waals surface area (Å²) in [7, 11) is 0. The van der Waals surface area contributed by atoms with Gasteiger partial charge in [-0.15, -0.1) is 0 Å². The van der Waals surface area contributed by atoms with Gasteiger partial charge in [0.1, 0.15) is 11.5 Å². The second kappa shape index (κ2) is 6.41. The second-order valence-corrected chi connectivity index (χ2v) is 5.56. The van der Waals surface area contributed by atoms with E-state index in [1.165, 1.54) is 0 Å². The fraction of sp³-hybridized carbons (Fsp3) is 0.0588. The quantitative estimate of drug-likeness (QED) is 0.771. The molecule has 2 aromatic carbocycles. The summed E-state index contributed by atoms with van der Waals surface area (Å²) in [6, 6.07) is 18.9. The van der Waals surface area contributed by atoms with Gasteiger partial charge in [-0.05, 0) is 5.56 Å². The standard InChI is InChI=1S/C17H13NO3S/c19-16(20)15-14(13-9-5-2-6-10-13)18-17(22-15)21-11-12-7-3-1-4-8-12/h1-10H,11H2,(H,19,20). The number of nitrogens with zero attached hydrogens (tertiary/aromatic N) is 1. The Morgan fingerprint density at radius 1 is 1.05 bits per heavy atom. The molecule has 4 nitrogen and oxygen atoms in total. The third-order valence-corrected chi connectivity index (χ3v) is 4.01. The van der Waals surface area contributed by atoms with Gasteiger partial charge in [0.25, 0.3) is 5.19 Å². The molecular formula is C17H13NO3S. The van der Waals surface area contributed by atoms with Gasteiger partial charge in [0.05, 0.1) is 5.69 Å². The SMILES string of the molecule is O=C(O)c1sc(OCc2ccccc2)nc1-c1ccccc1. The Kier molecular flexibility index (Phi) is 4.16. The number of ether oxygens (including phenoxy) is 1. The number of aromatic nitrogens is 1. The number of carboxylic acids is 1. The highest BCUT2D eigenvalue weighted by atomic mass is 32.1. The number of carboxylic acid groups (broad SMARTS) is 1. The zero-order valence-electron chi connectivity index (χ0n) is 11.6. The molecule has 0 unspecified atom stereocenters. The van der Waals surface area contributed by atoms with Crippen molar-refractivity contribution in [2.45, 2.75) is 6.61 Å². The van der Waals surface area contributed by atoms with Crippen LogP contribution in [0.15, 0.2) is 60.7 Å². The third-order valence-electron chi connectivity index (χ3n) is 3.05. The van der Waals surface area contributed by atoms with Gasteiger partial charge in [-0.25, -0.2) is 9.78 Å². The third kappa shape index (κ3) is 3.15. The molecule has 5 heteroatoms. The summed E-state index contributed by atoms with van der Waals surface area (Å²) in [5.41, 5.74) is 2.22. The Morgan fingerprint density at radius 3 is 2.32 bits per heavy atom. The van der Waals surface area contributed by atoms with Crippen LogP contribution in [0.4, 0.5) is 0 Å². The Morgan fingerprint density at radius 2 is 1.68 bits per heavy atom. The molecule has 0 amide bonds. The number of thiazole rings is 1.